The van der Waals surface area contributed by atoms with Gasteiger partial charge in [0.05, 0.1) is 0 Å². The zero-order valence-corrected chi connectivity index (χ0v) is 15.9. The van der Waals surface area contributed by atoms with Crippen LogP contribution in [0.15, 0.2) is 59.4 Å². The molecule has 8 heteroatoms. The number of halogens is 1. The van der Waals surface area contributed by atoms with Gasteiger partial charge in [0.15, 0.2) is 0 Å². The average molecular weight is 394 g/mol. The third kappa shape index (κ3) is 5.13. The van der Waals surface area contributed by atoms with Gasteiger partial charge in [-0.05, 0) is 61.4 Å². The molecule has 0 saturated carbocycles. The van der Waals surface area contributed by atoms with Gasteiger partial charge in [0, 0.05) is 17.4 Å². The minimum absolute atomic E-state index is 0.0126. The van der Waals surface area contributed by atoms with Crippen LogP contribution in [0, 0.1) is 19.7 Å². The number of anilines is 2. The van der Waals surface area contributed by atoms with Crippen molar-refractivity contribution in [3.63, 3.8) is 0 Å². The number of amides is 2. The van der Waals surface area contributed by atoms with E-state index in [9.17, 15) is 18.8 Å². The lowest BCUT2D eigenvalue weighted by molar-refractivity contribution is -0.117. The fourth-order valence-corrected chi connectivity index (χ4v) is 2.60. The number of carbonyl (C=O) groups is 2. The maximum absolute atomic E-state index is 13.2. The highest BCUT2D eigenvalue weighted by molar-refractivity contribution is 6.02. The van der Waals surface area contributed by atoms with E-state index in [1.807, 2.05) is 26.0 Å². The molecule has 0 saturated heterocycles. The number of rotatable bonds is 5. The molecule has 0 bridgehead atoms. The molecule has 0 unspecified atom stereocenters. The van der Waals surface area contributed by atoms with Gasteiger partial charge in [-0.1, -0.05) is 12.1 Å². The van der Waals surface area contributed by atoms with Crippen LogP contribution in [0.5, 0.6) is 0 Å². The first-order chi connectivity index (χ1) is 13.8. The third-order valence-corrected chi connectivity index (χ3v) is 4.27. The molecule has 0 aliphatic heterocycles. The van der Waals surface area contributed by atoms with Crippen molar-refractivity contribution in [2.24, 2.45) is 0 Å². The zero-order chi connectivity index (χ0) is 21.0. The Morgan fingerprint density at radius 1 is 0.966 bits per heavy atom. The van der Waals surface area contributed by atoms with Crippen LogP contribution >= 0.6 is 0 Å². The molecular formula is C21H19FN4O3. The minimum atomic E-state index is -0.572. The van der Waals surface area contributed by atoms with Crippen molar-refractivity contribution in [2.45, 2.75) is 20.4 Å². The van der Waals surface area contributed by atoms with Gasteiger partial charge < -0.3 is 10.6 Å². The summed E-state index contributed by atoms with van der Waals surface area (Å²) in [6.07, 6.45) is 0. The molecule has 0 atom stereocenters. The van der Waals surface area contributed by atoms with E-state index in [0.29, 0.717) is 5.69 Å². The van der Waals surface area contributed by atoms with Crippen LogP contribution in [0.4, 0.5) is 15.8 Å². The second kappa shape index (κ2) is 8.47. The molecule has 3 rings (SSSR count). The maximum atomic E-state index is 13.2. The van der Waals surface area contributed by atoms with Gasteiger partial charge in [-0.15, -0.1) is 0 Å². The Balaban J connectivity index is 1.73. The SMILES string of the molecule is Cc1ccc(NC(=O)c2ccc(=O)n(CC(=O)Nc3cccc(F)c3)n2)cc1C. The number of nitrogens with one attached hydrogen (secondary N) is 2. The van der Waals surface area contributed by atoms with E-state index >= 15 is 0 Å². The van der Waals surface area contributed by atoms with Crippen molar-refractivity contribution in [3.8, 4) is 0 Å². The summed E-state index contributed by atoms with van der Waals surface area (Å²) >= 11 is 0. The van der Waals surface area contributed by atoms with Gasteiger partial charge >= 0.3 is 0 Å². The van der Waals surface area contributed by atoms with Crippen molar-refractivity contribution in [2.75, 3.05) is 10.6 Å². The second-order valence-corrected chi connectivity index (χ2v) is 6.53. The van der Waals surface area contributed by atoms with Gasteiger partial charge in [-0.2, -0.15) is 5.10 Å². The van der Waals surface area contributed by atoms with Gasteiger partial charge in [0.2, 0.25) is 5.91 Å². The lowest BCUT2D eigenvalue weighted by Gasteiger charge is -2.10. The van der Waals surface area contributed by atoms with Gasteiger partial charge in [0.25, 0.3) is 11.5 Å². The Hall–Kier alpha value is -3.81. The normalized spacial score (nSPS) is 10.4. The molecule has 148 valence electrons. The summed E-state index contributed by atoms with van der Waals surface area (Å²) in [6.45, 7) is 3.48. The Kier molecular flexibility index (Phi) is 5.82. The maximum Gasteiger partial charge on any atom is 0.276 e. The highest BCUT2D eigenvalue weighted by Crippen LogP contribution is 2.15. The first kappa shape index (κ1) is 19.9. The highest BCUT2D eigenvalue weighted by Gasteiger charge is 2.13. The molecule has 2 N–H and O–H groups in total. The smallest absolute Gasteiger partial charge is 0.276 e. The van der Waals surface area contributed by atoms with Crippen LogP contribution in [0.25, 0.3) is 0 Å². The Morgan fingerprint density at radius 3 is 2.45 bits per heavy atom. The Morgan fingerprint density at radius 2 is 1.72 bits per heavy atom. The summed E-state index contributed by atoms with van der Waals surface area (Å²) in [5.74, 6) is -1.58. The van der Waals surface area contributed by atoms with Crippen LogP contribution in [0.2, 0.25) is 0 Å². The van der Waals surface area contributed by atoms with E-state index in [-0.39, 0.29) is 11.4 Å². The molecule has 7 nitrogen and oxygen atoms in total. The van der Waals surface area contributed by atoms with Crippen LogP contribution in [0.1, 0.15) is 21.6 Å². The predicted octanol–water partition coefficient (Wildman–Crippen LogP) is 2.89. The topological polar surface area (TPSA) is 93.1 Å². The number of nitrogens with zero attached hydrogens (tertiary/aromatic N) is 2. The molecular weight excluding hydrogens is 375 g/mol. The summed E-state index contributed by atoms with van der Waals surface area (Å²) in [5, 5.41) is 9.16. The molecule has 2 aromatic carbocycles. The fraction of sp³-hybridized carbons (Fsp3) is 0.143. The standard InChI is InChI=1S/C21H19FN4O3/c1-13-6-7-17(10-14(13)2)24-21(29)18-8-9-20(28)26(25-18)12-19(27)23-16-5-3-4-15(22)11-16/h3-11H,12H2,1-2H3,(H,23,27)(H,24,29). The lowest BCUT2D eigenvalue weighted by Crippen LogP contribution is -2.31. The first-order valence-corrected chi connectivity index (χ1v) is 8.84. The summed E-state index contributed by atoms with van der Waals surface area (Å²) < 4.78 is 14.1. The van der Waals surface area contributed by atoms with Crippen molar-refractivity contribution in [1.29, 1.82) is 0 Å². The molecule has 29 heavy (non-hydrogen) atoms. The van der Waals surface area contributed by atoms with Gasteiger partial charge in [-0.25, -0.2) is 9.07 Å². The molecule has 1 heterocycles. The van der Waals surface area contributed by atoms with E-state index in [1.165, 1.54) is 24.3 Å². The number of aryl methyl sites for hydroxylation is 2. The van der Waals surface area contributed by atoms with Gasteiger partial charge in [0.1, 0.15) is 18.1 Å². The second-order valence-electron chi connectivity index (χ2n) is 6.53. The van der Waals surface area contributed by atoms with E-state index in [0.717, 1.165) is 27.9 Å². The average Bonchev–Trinajstić information content (AvgIpc) is 2.66. The van der Waals surface area contributed by atoms with Crippen molar-refractivity contribution < 1.29 is 14.0 Å². The number of aromatic nitrogens is 2. The van der Waals surface area contributed by atoms with Crippen LogP contribution in [0.3, 0.4) is 0 Å². The summed E-state index contributed by atoms with van der Waals surface area (Å²) in [5.41, 5.74) is 2.42. The number of hydrogen-bond donors (Lipinski definition) is 2. The molecule has 0 spiro atoms. The Bertz CT molecular complexity index is 1140. The largest absolute Gasteiger partial charge is 0.324 e. The van der Waals surface area contributed by atoms with Crippen molar-refractivity contribution in [3.05, 3.63) is 87.6 Å². The summed E-state index contributed by atoms with van der Waals surface area (Å²) in [6, 6.07) is 13.3. The van der Waals surface area contributed by atoms with E-state index in [4.69, 9.17) is 0 Å². The summed E-state index contributed by atoms with van der Waals surface area (Å²) in [7, 11) is 0. The lowest BCUT2D eigenvalue weighted by atomic mass is 10.1. The molecule has 0 radical (unpaired) electrons. The van der Waals surface area contributed by atoms with Crippen LogP contribution in [-0.2, 0) is 11.3 Å². The zero-order valence-electron chi connectivity index (χ0n) is 15.9. The van der Waals surface area contributed by atoms with E-state index in [1.54, 1.807) is 6.07 Å². The molecule has 0 aliphatic rings. The molecule has 2 amide bonds. The first-order valence-electron chi connectivity index (χ1n) is 8.84. The van der Waals surface area contributed by atoms with Crippen molar-refractivity contribution in [1.82, 2.24) is 9.78 Å². The number of hydrogen-bond acceptors (Lipinski definition) is 4. The molecule has 3 aromatic rings. The Labute approximate surface area is 166 Å². The fourth-order valence-electron chi connectivity index (χ4n) is 2.60. The van der Waals surface area contributed by atoms with E-state index in [2.05, 4.69) is 15.7 Å². The van der Waals surface area contributed by atoms with Crippen molar-refractivity contribution >= 4 is 23.2 Å². The van der Waals surface area contributed by atoms with E-state index < -0.39 is 29.7 Å². The molecule has 0 fully saturated rings. The van der Waals surface area contributed by atoms with Gasteiger partial charge in [-0.3, -0.25) is 14.4 Å². The molecule has 1 aromatic heterocycles. The van der Waals surface area contributed by atoms with Crippen LogP contribution < -0.4 is 16.2 Å². The summed E-state index contributed by atoms with van der Waals surface area (Å²) in [4.78, 5) is 36.6. The minimum Gasteiger partial charge on any atom is -0.324 e. The number of benzene rings is 2. The third-order valence-electron chi connectivity index (χ3n) is 4.27. The number of carbonyl (C=O) groups excluding carboxylic acids is 2. The molecule has 0 aliphatic carbocycles. The highest BCUT2D eigenvalue weighted by atomic mass is 19.1. The van der Waals surface area contributed by atoms with Crippen LogP contribution in [-0.4, -0.2) is 21.6 Å². The predicted molar refractivity (Wildman–Crippen MR) is 107 cm³/mol. The quantitative estimate of drug-likeness (QED) is 0.696. The monoisotopic (exact) mass is 394 g/mol.